The molecule has 0 saturated heterocycles. The number of rotatable bonds is 6. The Bertz CT molecular complexity index is 317. The second-order valence-corrected chi connectivity index (χ2v) is 6.08. The van der Waals surface area contributed by atoms with Crippen LogP contribution >= 0.6 is 27.7 Å². The first-order valence-corrected chi connectivity index (χ1v) is 7.65. The first-order valence-electron chi connectivity index (χ1n) is 5.81. The van der Waals surface area contributed by atoms with Crippen LogP contribution in [0.3, 0.4) is 0 Å². The predicted molar refractivity (Wildman–Crippen MR) is 77.9 cm³/mol. The van der Waals surface area contributed by atoms with Crippen LogP contribution in [0.5, 0.6) is 0 Å². The van der Waals surface area contributed by atoms with Gasteiger partial charge in [-0.25, -0.2) is 0 Å². The molecule has 2 atom stereocenters. The summed E-state index contributed by atoms with van der Waals surface area (Å²) in [5.74, 6) is 1.17. The van der Waals surface area contributed by atoms with E-state index in [4.69, 9.17) is 5.73 Å². The molecule has 16 heavy (non-hydrogen) atoms. The molecule has 0 spiro atoms. The Morgan fingerprint density at radius 3 is 2.69 bits per heavy atom. The van der Waals surface area contributed by atoms with Gasteiger partial charge in [0.25, 0.3) is 0 Å². The molecule has 2 N–H and O–H groups in total. The van der Waals surface area contributed by atoms with Gasteiger partial charge in [0.1, 0.15) is 0 Å². The minimum Gasteiger partial charge on any atom is -0.326 e. The molecule has 2 unspecified atom stereocenters. The summed E-state index contributed by atoms with van der Waals surface area (Å²) in [5, 5.41) is 0.419. The van der Waals surface area contributed by atoms with E-state index in [0.29, 0.717) is 5.25 Å². The second kappa shape index (κ2) is 7.36. The molecule has 0 heterocycles. The van der Waals surface area contributed by atoms with Crippen molar-refractivity contribution in [1.82, 2.24) is 0 Å². The van der Waals surface area contributed by atoms with Crippen LogP contribution in [-0.2, 0) is 0 Å². The summed E-state index contributed by atoms with van der Waals surface area (Å²) < 4.78 is 1.13. The van der Waals surface area contributed by atoms with Crippen LogP contribution in [0, 0.1) is 0 Å². The summed E-state index contributed by atoms with van der Waals surface area (Å²) in [4.78, 5) is 0. The van der Waals surface area contributed by atoms with Crippen LogP contribution in [0.4, 0.5) is 0 Å². The molecule has 1 rings (SSSR count). The number of benzene rings is 1. The van der Waals surface area contributed by atoms with E-state index in [0.717, 1.165) is 10.9 Å². The zero-order chi connectivity index (χ0) is 12.0. The highest BCUT2D eigenvalue weighted by Crippen LogP contribution is 2.34. The molecule has 0 aromatic heterocycles. The zero-order valence-corrected chi connectivity index (χ0v) is 12.4. The second-order valence-electron chi connectivity index (χ2n) is 3.92. The summed E-state index contributed by atoms with van der Waals surface area (Å²) in [6.07, 6.45) is 2.22. The molecule has 3 heteroatoms. The maximum atomic E-state index is 6.20. The third kappa shape index (κ3) is 4.11. The van der Waals surface area contributed by atoms with Gasteiger partial charge < -0.3 is 5.73 Å². The van der Waals surface area contributed by atoms with Crippen molar-refractivity contribution in [3.63, 3.8) is 0 Å². The topological polar surface area (TPSA) is 26.0 Å². The Kier molecular flexibility index (Phi) is 6.47. The van der Waals surface area contributed by atoms with Crippen LogP contribution < -0.4 is 5.73 Å². The van der Waals surface area contributed by atoms with Gasteiger partial charge in [-0.2, -0.15) is 11.8 Å². The van der Waals surface area contributed by atoms with Gasteiger partial charge in [-0.15, -0.1) is 0 Å². The van der Waals surface area contributed by atoms with Gasteiger partial charge in [0.15, 0.2) is 0 Å². The van der Waals surface area contributed by atoms with Crippen molar-refractivity contribution in [3.8, 4) is 0 Å². The minimum absolute atomic E-state index is 0.242. The largest absolute Gasteiger partial charge is 0.326 e. The van der Waals surface area contributed by atoms with Gasteiger partial charge in [-0.1, -0.05) is 41.9 Å². The Morgan fingerprint density at radius 2 is 2.12 bits per heavy atom. The van der Waals surface area contributed by atoms with Gasteiger partial charge in [0.05, 0.1) is 0 Å². The Hall–Kier alpha value is 0.01000. The van der Waals surface area contributed by atoms with Crippen molar-refractivity contribution in [2.75, 3.05) is 5.75 Å². The molecule has 0 fully saturated rings. The lowest BCUT2D eigenvalue weighted by Gasteiger charge is -2.23. The maximum absolute atomic E-state index is 6.20. The molecule has 0 saturated carbocycles. The summed E-state index contributed by atoms with van der Waals surface area (Å²) in [6, 6.07) is 8.74. The van der Waals surface area contributed by atoms with Gasteiger partial charge in [0.2, 0.25) is 0 Å². The van der Waals surface area contributed by atoms with Crippen LogP contribution in [0.25, 0.3) is 0 Å². The van der Waals surface area contributed by atoms with Crippen molar-refractivity contribution in [1.29, 1.82) is 0 Å². The lowest BCUT2D eigenvalue weighted by atomic mass is 10.0. The summed E-state index contributed by atoms with van der Waals surface area (Å²) in [6.45, 7) is 4.37. The smallest absolute Gasteiger partial charge is 0.0448 e. The van der Waals surface area contributed by atoms with E-state index in [9.17, 15) is 0 Å². The van der Waals surface area contributed by atoms with Crippen molar-refractivity contribution in [3.05, 3.63) is 34.3 Å². The molecule has 90 valence electrons. The van der Waals surface area contributed by atoms with Crippen molar-refractivity contribution in [2.24, 2.45) is 5.73 Å². The highest BCUT2D eigenvalue weighted by molar-refractivity contribution is 9.10. The molecule has 0 aliphatic rings. The van der Waals surface area contributed by atoms with Crippen molar-refractivity contribution >= 4 is 27.7 Å². The molecule has 1 aromatic carbocycles. The van der Waals surface area contributed by atoms with Crippen molar-refractivity contribution in [2.45, 2.75) is 38.0 Å². The fraction of sp³-hybridized carbons (Fsp3) is 0.538. The highest BCUT2D eigenvalue weighted by Gasteiger charge is 2.18. The van der Waals surface area contributed by atoms with E-state index in [1.807, 2.05) is 11.8 Å². The Labute approximate surface area is 111 Å². The molecule has 0 bridgehead atoms. The standard InChI is InChI=1S/C13H20BrNS/c1-3-8-16-13(12(15)4-2)10-6-5-7-11(14)9-10/h5-7,9,12-13H,3-4,8,15H2,1-2H3. The summed E-state index contributed by atoms with van der Waals surface area (Å²) in [7, 11) is 0. The van der Waals surface area contributed by atoms with E-state index < -0.39 is 0 Å². The zero-order valence-electron chi connectivity index (χ0n) is 9.95. The number of thioether (sulfide) groups is 1. The van der Waals surface area contributed by atoms with Gasteiger partial charge >= 0.3 is 0 Å². The monoisotopic (exact) mass is 301 g/mol. The summed E-state index contributed by atoms with van der Waals surface area (Å²) >= 11 is 5.49. The lowest BCUT2D eigenvalue weighted by molar-refractivity contribution is 0.634. The van der Waals surface area contributed by atoms with E-state index in [-0.39, 0.29) is 6.04 Å². The van der Waals surface area contributed by atoms with Crippen molar-refractivity contribution < 1.29 is 0 Å². The number of halogens is 1. The molecular weight excluding hydrogens is 282 g/mol. The third-order valence-electron chi connectivity index (χ3n) is 2.54. The van der Waals surface area contributed by atoms with Crippen LogP contribution in [-0.4, -0.2) is 11.8 Å². The van der Waals surface area contributed by atoms with Gasteiger partial charge in [-0.05, 0) is 36.3 Å². The Morgan fingerprint density at radius 1 is 1.38 bits per heavy atom. The maximum Gasteiger partial charge on any atom is 0.0448 e. The average Bonchev–Trinajstić information content (AvgIpc) is 2.29. The number of hydrogen-bond acceptors (Lipinski definition) is 2. The first kappa shape index (κ1) is 14.1. The molecule has 0 radical (unpaired) electrons. The van der Waals surface area contributed by atoms with E-state index >= 15 is 0 Å². The van der Waals surface area contributed by atoms with E-state index in [2.05, 4.69) is 54.0 Å². The molecule has 1 nitrogen and oxygen atoms in total. The van der Waals surface area contributed by atoms with E-state index in [1.165, 1.54) is 17.7 Å². The third-order valence-corrected chi connectivity index (χ3v) is 4.66. The van der Waals surface area contributed by atoms with E-state index in [1.54, 1.807) is 0 Å². The SMILES string of the molecule is CCCSC(c1cccc(Br)c1)C(N)CC. The Balaban J connectivity index is 2.82. The predicted octanol–water partition coefficient (Wildman–Crippen LogP) is 4.37. The summed E-state index contributed by atoms with van der Waals surface area (Å²) in [5.41, 5.74) is 7.54. The number of hydrogen-bond donors (Lipinski definition) is 1. The molecule has 0 aliphatic carbocycles. The highest BCUT2D eigenvalue weighted by atomic mass is 79.9. The van der Waals surface area contributed by atoms with Crippen LogP contribution in [0.2, 0.25) is 0 Å². The normalized spacial score (nSPS) is 14.8. The average molecular weight is 302 g/mol. The fourth-order valence-electron chi connectivity index (χ4n) is 1.61. The van der Waals surface area contributed by atoms with Gasteiger partial charge in [0, 0.05) is 15.8 Å². The lowest BCUT2D eigenvalue weighted by Crippen LogP contribution is -2.25. The molecule has 1 aromatic rings. The fourth-order valence-corrected chi connectivity index (χ4v) is 3.29. The van der Waals surface area contributed by atoms with Crippen LogP contribution in [0.15, 0.2) is 28.7 Å². The first-order chi connectivity index (χ1) is 7.69. The van der Waals surface area contributed by atoms with Gasteiger partial charge in [-0.3, -0.25) is 0 Å². The minimum atomic E-state index is 0.242. The molecule has 0 amide bonds. The number of nitrogens with two attached hydrogens (primary N) is 1. The molecular formula is C13H20BrNS. The molecule has 0 aliphatic heterocycles. The quantitative estimate of drug-likeness (QED) is 0.844. The van der Waals surface area contributed by atoms with Crippen LogP contribution in [0.1, 0.15) is 37.5 Å².